The standard InChI is InChI=1S/C17H26Cl2N2/c1-3-4-10-21(12-15-6-5-9-20-15)13(2)14-7-8-16(18)17(19)11-14/h7-8,11,13,15,20H,3-6,9-10,12H2,1-2H3. The first-order chi connectivity index (χ1) is 10.1. The van der Waals surface area contributed by atoms with Gasteiger partial charge in [0.15, 0.2) is 0 Å². The molecule has 0 aliphatic carbocycles. The van der Waals surface area contributed by atoms with Gasteiger partial charge >= 0.3 is 0 Å². The fraction of sp³-hybridized carbons (Fsp3) is 0.647. The summed E-state index contributed by atoms with van der Waals surface area (Å²) < 4.78 is 0. The number of nitrogens with zero attached hydrogens (tertiary/aromatic N) is 1. The summed E-state index contributed by atoms with van der Waals surface area (Å²) in [5, 5.41) is 4.88. The maximum absolute atomic E-state index is 6.17. The third-order valence-electron chi connectivity index (χ3n) is 4.39. The van der Waals surface area contributed by atoms with E-state index < -0.39 is 0 Å². The molecular weight excluding hydrogens is 303 g/mol. The summed E-state index contributed by atoms with van der Waals surface area (Å²) in [6.07, 6.45) is 5.05. The molecule has 2 atom stereocenters. The highest BCUT2D eigenvalue weighted by Crippen LogP contribution is 2.29. The fourth-order valence-electron chi connectivity index (χ4n) is 2.98. The predicted molar refractivity (Wildman–Crippen MR) is 92.4 cm³/mol. The number of unbranched alkanes of at least 4 members (excludes halogenated alkanes) is 1. The first kappa shape index (κ1) is 17.1. The first-order valence-corrected chi connectivity index (χ1v) is 8.79. The molecule has 1 aliphatic heterocycles. The lowest BCUT2D eigenvalue weighted by Gasteiger charge is -2.32. The summed E-state index contributed by atoms with van der Waals surface area (Å²) in [6, 6.07) is 7.01. The molecule has 21 heavy (non-hydrogen) atoms. The summed E-state index contributed by atoms with van der Waals surface area (Å²) in [6.45, 7) is 7.92. The van der Waals surface area contributed by atoms with Crippen LogP contribution in [-0.4, -0.2) is 30.6 Å². The molecule has 4 heteroatoms. The van der Waals surface area contributed by atoms with E-state index in [9.17, 15) is 0 Å². The Kier molecular flexibility index (Phi) is 6.81. The van der Waals surface area contributed by atoms with E-state index in [2.05, 4.69) is 30.1 Å². The summed E-state index contributed by atoms with van der Waals surface area (Å²) in [4.78, 5) is 2.58. The highest BCUT2D eigenvalue weighted by Gasteiger charge is 2.22. The van der Waals surface area contributed by atoms with Gasteiger partial charge < -0.3 is 5.32 Å². The van der Waals surface area contributed by atoms with Crippen LogP contribution in [0.15, 0.2) is 18.2 Å². The Labute approximate surface area is 138 Å². The summed E-state index contributed by atoms with van der Waals surface area (Å²) in [5.41, 5.74) is 1.25. The molecule has 2 unspecified atom stereocenters. The molecule has 1 aliphatic rings. The van der Waals surface area contributed by atoms with Crippen LogP contribution in [-0.2, 0) is 0 Å². The third-order valence-corrected chi connectivity index (χ3v) is 5.13. The number of halogens is 2. The van der Waals surface area contributed by atoms with Gasteiger partial charge in [0, 0.05) is 18.6 Å². The molecule has 0 bridgehead atoms. The van der Waals surface area contributed by atoms with Crippen molar-refractivity contribution >= 4 is 23.2 Å². The molecule has 0 amide bonds. The SMILES string of the molecule is CCCCN(CC1CCCN1)C(C)c1ccc(Cl)c(Cl)c1. The predicted octanol–water partition coefficient (Wildman–Crippen LogP) is 4.91. The number of nitrogens with one attached hydrogen (secondary N) is 1. The minimum absolute atomic E-state index is 0.369. The molecule has 0 radical (unpaired) electrons. The highest BCUT2D eigenvalue weighted by molar-refractivity contribution is 6.42. The van der Waals surface area contributed by atoms with E-state index >= 15 is 0 Å². The molecule has 1 N–H and O–H groups in total. The minimum Gasteiger partial charge on any atom is -0.313 e. The zero-order valence-electron chi connectivity index (χ0n) is 13.0. The zero-order chi connectivity index (χ0) is 15.2. The van der Waals surface area contributed by atoms with Gasteiger partial charge in [-0.2, -0.15) is 0 Å². The Balaban J connectivity index is 2.07. The van der Waals surface area contributed by atoms with Gasteiger partial charge in [0.05, 0.1) is 10.0 Å². The van der Waals surface area contributed by atoms with Crippen molar-refractivity contribution in [1.82, 2.24) is 10.2 Å². The molecule has 1 fully saturated rings. The quantitative estimate of drug-likeness (QED) is 0.765. The smallest absolute Gasteiger partial charge is 0.0595 e. The van der Waals surface area contributed by atoms with Crippen LogP contribution < -0.4 is 5.32 Å². The van der Waals surface area contributed by atoms with Crippen LogP contribution in [0.4, 0.5) is 0 Å². The average molecular weight is 329 g/mol. The number of hydrogen-bond donors (Lipinski definition) is 1. The second kappa shape index (κ2) is 8.38. The largest absolute Gasteiger partial charge is 0.313 e. The highest BCUT2D eigenvalue weighted by atomic mass is 35.5. The van der Waals surface area contributed by atoms with Crippen molar-refractivity contribution in [2.24, 2.45) is 0 Å². The van der Waals surface area contributed by atoms with Gasteiger partial charge in [0.25, 0.3) is 0 Å². The maximum Gasteiger partial charge on any atom is 0.0595 e. The Hall–Kier alpha value is -0.280. The van der Waals surface area contributed by atoms with Gasteiger partial charge in [-0.15, -0.1) is 0 Å². The molecule has 1 aromatic rings. The van der Waals surface area contributed by atoms with Crippen molar-refractivity contribution in [2.45, 2.75) is 51.6 Å². The monoisotopic (exact) mass is 328 g/mol. The third kappa shape index (κ3) is 4.85. The topological polar surface area (TPSA) is 15.3 Å². The van der Waals surface area contributed by atoms with Crippen LogP contribution in [0.1, 0.15) is 51.1 Å². The van der Waals surface area contributed by atoms with Crippen LogP contribution in [0.2, 0.25) is 10.0 Å². The summed E-state index contributed by atoms with van der Waals surface area (Å²) >= 11 is 12.2. The molecule has 2 nitrogen and oxygen atoms in total. The molecule has 1 saturated heterocycles. The Morgan fingerprint density at radius 3 is 2.76 bits per heavy atom. The summed E-state index contributed by atoms with van der Waals surface area (Å²) in [5.74, 6) is 0. The van der Waals surface area contributed by atoms with E-state index in [0.29, 0.717) is 22.1 Å². The van der Waals surface area contributed by atoms with Gasteiger partial charge in [0.1, 0.15) is 0 Å². The molecule has 0 aromatic heterocycles. The van der Waals surface area contributed by atoms with E-state index in [1.165, 1.54) is 31.2 Å². The number of rotatable bonds is 7. The van der Waals surface area contributed by atoms with Gasteiger partial charge in [0.2, 0.25) is 0 Å². The van der Waals surface area contributed by atoms with Crippen LogP contribution in [0.5, 0.6) is 0 Å². The van der Waals surface area contributed by atoms with Crippen molar-refractivity contribution in [2.75, 3.05) is 19.6 Å². The lowest BCUT2D eigenvalue weighted by Crippen LogP contribution is -2.39. The Bertz CT molecular complexity index is 444. The lowest BCUT2D eigenvalue weighted by atomic mass is 10.1. The Morgan fingerprint density at radius 1 is 1.33 bits per heavy atom. The van der Waals surface area contributed by atoms with Gasteiger partial charge in [-0.25, -0.2) is 0 Å². The van der Waals surface area contributed by atoms with E-state index in [1.54, 1.807) is 0 Å². The summed E-state index contributed by atoms with van der Waals surface area (Å²) in [7, 11) is 0. The first-order valence-electron chi connectivity index (χ1n) is 8.04. The molecule has 0 saturated carbocycles. The van der Waals surface area contributed by atoms with Crippen molar-refractivity contribution in [3.8, 4) is 0 Å². The molecule has 1 aromatic carbocycles. The minimum atomic E-state index is 0.369. The van der Waals surface area contributed by atoms with E-state index in [0.717, 1.165) is 19.6 Å². The van der Waals surface area contributed by atoms with Crippen LogP contribution in [0.3, 0.4) is 0 Å². The maximum atomic E-state index is 6.17. The second-order valence-electron chi connectivity index (χ2n) is 5.99. The number of benzene rings is 1. The fourth-order valence-corrected chi connectivity index (χ4v) is 3.29. The van der Waals surface area contributed by atoms with E-state index in [1.807, 2.05) is 12.1 Å². The van der Waals surface area contributed by atoms with Crippen molar-refractivity contribution < 1.29 is 0 Å². The molecule has 0 spiro atoms. The van der Waals surface area contributed by atoms with Crippen molar-refractivity contribution in [3.05, 3.63) is 33.8 Å². The molecule has 118 valence electrons. The van der Waals surface area contributed by atoms with Crippen molar-refractivity contribution in [1.29, 1.82) is 0 Å². The van der Waals surface area contributed by atoms with Crippen LogP contribution in [0.25, 0.3) is 0 Å². The normalized spacial score (nSPS) is 20.1. The lowest BCUT2D eigenvalue weighted by molar-refractivity contribution is 0.189. The molecule has 2 rings (SSSR count). The van der Waals surface area contributed by atoms with Gasteiger partial charge in [-0.05, 0) is 57.0 Å². The van der Waals surface area contributed by atoms with Crippen LogP contribution in [0, 0.1) is 0 Å². The second-order valence-corrected chi connectivity index (χ2v) is 6.81. The van der Waals surface area contributed by atoms with E-state index in [-0.39, 0.29) is 0 Å². The Morgan fingerprint density at radius 2 is 2.14 bits per heavy atom. The van der Waals surface area contributed by atoms with Gasteiger partial charge in [-0.1, -0.05) is 42.6 Å². The molecule has 1 heterocycles. The average Bonchev–Trinajstić information content (AvgIpc) is 2.98. The molecular formula is C17H26Cl2N2. The van der Waals surface area contributed by atoms with Crippen molar-refractivity contribution in [3.63, 3.8) is 0 Å². The van der Waals surface area contributed by atoms with E-state index in [4.69, 9.17) is 23.2 Å². The van der Waals surface area contributed by atoms with Gasteiger partial charge in [-0.3, -0.25) is 4.90 Å². The number of hydrogen-bond acceptors (Lipinski definition) is 2. The van der Waals surface area contributed by atoms with Crippen LogP contribution >= 0.6 is 23.2 Å². The zero-order valence-corrected chi connectivity index (χ0v) is 14.6.